The van der Waals surface area contributed by atoms with Crippen LogP contribution < -0.4 is 16.1 Å². The van der Waals surface area contributed by atoms with E-state index in [2.05, 4.69) is 0 Å². The van der Waals surface area contributed by atoms with Gasteiger partial charge >= 0.3 is 5.63 Å². The number of rotatable bonds is 2. The lowest BCUT2D eigenvalue weighted by atomic mass is 9.87. The lowest BCUT2D eigenvalue weighted by Gasteiger charge is -2.25. The number of nitrogens with two attached hydrogens (primary N) is 1. The normalized spacial score (nSPS) is 16.5. The SMILES string of the molecule is CSc1ccc(C2C(N)=C(C#N)Oc3cc(C)oc(=O)c32)cc1. The van der Waals surface area contributed by atoms with Crippen molar-refractivity contribution in [1.29, 1.82) is 5.26 Å². The summed E-state index contributed by atoms with van der Waals surface area (Å²) < 4.78 is 10.7. The average Bonchev–Trinajstić information content (AvgIpc) is 2.55. The van der Waals surface area contributed by atoms with Crippen LogP contribution in [0.4, 0.5) is 0 Å². The average molecular weight is 326 g/mol. The Morgan fingerprint density at radius 1 is 1.30 bits per heavy atom. The minimum absolute atomic E-state index is 0.0152. The van der Waals surface area contributed by atoms with Crippen molar-refractivity contribution in [3.63, 3.8) is 0 Å². The van der Waals surface area contributed by atoms with Crippen molar-refractivity contribution in [1.82, 2.24) is 0 Å². The molecule has 1 aromatic heterocycles. The molecule has 2 heterocycles. The third-order valence-corrected chi connectivity index (χ3v) is 4.44. The van der Waals surface area contributed by atoms with Crippen LogP contribution in [0.15, 0.2) is 55.9 Å². The van der Waals surface area contributed by atoms with E-state index in [0.29, 0.717) is 17.1 Å². The number of nitriles is 1. The molecule has 23 heavy (non-hydrogen) atoms. The van der Waals surface area contributed by atoms with Crippen molar-refractivity contribution in [3.8, 4) is 11.8 Å². The fourth-order valence-corrected chi connectivity index (χ4v) is 3.03. The van der Waals surface area contributed by atoms with Crippen LogP contribution >= 0.6 is 11.8 Å². The van der Waals surface area contributed by atoms with Crippen molar-refractivity contribution < 1.29 is 9.15 Å². The second-order valence-corrected chi connectivity index (χ2v) is 6.01. The molecule has 1 aliphatic heterocycles. The van der Waals surface area contributed by atoms with Crippen LogP contribution in [0.2, 0.25) is 0 Å². The van der Waals surface area contributed by atoms with E-state index in [9.17, 15) is 10.1 Å². The predicted octanol–water partition coefficient (Wildman–Crippen LogP) is 2.89. The molecule has 0 fully saturated rings. The van der Waals surface area contributed by atoms with Gasteiger partial charge in [0.25, 0.3) is 0 Å². The molecular weight excluding hydrogens is 312 g/mol. The van der Waals surface area contributed by atoms with E-state index in [1.165, 1.54) is 0 Å². The largest absolute Gasteiger partial charge is 0.444 e. The molecule has 1 atom stereocenters. The molecule has 0 saturated heterocycles. The molecule has 2 aromatic rings. The summed E-state index contributed by atoms with van der Waals surface area (Å²) in [5.41, 5.74) is 6.96. The first kappa shape index (κ1) is 15.3. The first-order chi connectivity index (χ1) is 11.0. The number of hydrogen-bond acceptors (Lipinski definition) is 6. The number of ether oxygens (including phenoxy) is 1. The summed E-state index contributed by atoms with van der Waals surface area (Å²) in [5.74, 6) is 0.203. The van der Waals surface area contributed by atoms with Gasteiger partial charge < -0.3 is 14.9 Å². The summed E-state index contributed by atoms with van der Waals surface area (Å²) in [7, 11) is 0. The number of allylic oxidation sites excluding steroid dienone is 2. The number of nitrogens with zero attached hydrogens (tertiary/aromatic N) is 1. The molecule has 3 rings (SSSR count). The van der Waals surface area contributed by atoms with Gasteiger partial charge in [-0.2, -0.15) is 5.26 Å². The molecule has 1 aromatic carbocycles. The highest BCUT2D eigenvalue weighted by molar-refractivity contribution is 7.98. The summed E-state index contributed by atoms with van der Waals surface area (Å²) in [6, 6.07) is 11.2. The summed E-state index contributed by atoms with van der Waals surface area (Å²) in [6.45, 7) is 1.65. The summed E-state index contributed by atoms with van der Waals surface area (Å²) in [5, 5.41) is 9.25. The van der Waals surface area contributed by atoms with Gasteiger partial charge in [-0.25, -0.2) is 4.79 Å². The number of aryl methyl sites for hydroxylation is 1. The third-order valence-electron chi connectivity index (χ3n) is 3.70. The highest BCUT2D eigenvalue weighted by Gasteiger charge is 2.33. The van der Waals surface area contributed by atoms with Gasteiger partial charge in [-0.1, -0.05) is 12.1 Å². The van der Waals surface area contributed by atoms with E-state index < -0.39 is 11.5 Å². The van der Waals surface area contributed by atoms with Crippen LogP contribution in [0.3, 0.4) is 0 Å². The smallest absolute Gasteiger partial charge is 0.343 e. The molecule has 0 aliphatic carbocycles. The van der Waals surface area contributed by atoms with Crippen molar-refractivity contribution in [3.05, 3.63) is 69.1 Å². The van der Waals surface area contributed by atoms with Gasteiger partial charge in [0.2, 0.25) is 5.76 Å². The number of fused-ring (bicyclic) bond motifs is 1. The van der Waals surface area contributed by atoms with Gasteiger partial charge in [0.15, 0.2) is 0 Å². The second kappa shape index (κ2) is 5.86. The second-order valence-electron chi connectivity index (χ2n) is 5.13. The van der Waals surface area contributed by atoms with Crippen LogP contribution in [0.25, 0.3) is 0 Å². The highest BCUT2D eigenvalue weighted by atomic mass is 32.2. The van der Waals surface area contributed by atoms with E-state index in [-0.39, 0.29) is 11.5 Å². The maximum atomic E-state index is 12.3. The van der Waals surface area contributed by atoms with Gasteiger partial charge in [0.05, 0.1) is 17.2 Å². The Morgan fingerprint density at radius 3 is 2.61 bits per heavy atom. The van der Waals surface area contributed by atoms with Crippen LogP contribution in [0.5, 0.6) is 5.75 Å². The Labute approximate surface area is 137 Å². The molecule has 0 amide bonds. The van der Waals surface area contributed by atoms with Gasteiger partial charge in [-0.3, -0.25) is 0 Å². The van der Waals surface area contributed by atoms with E-state index >= 15 is 0 Å². The van der Waals surface area contributed by atoms with Crippen molar-refractivity contribution in [2.24, 2.45) is 5.73 Å². The molecule has 0 bridgehead atoms. The quantitative estimate of drug-likeness (QED) is 0.854. The molecule has 2 N–H and O–H groups in total. The fraction of sp³-hybridized carbons (Fsp3) is 0.176. The molecular formula is C17H14N2O3S. The van der Waals surface area contributed by atoms with Crippen LogP contribution in [-0.4, -0.2) is 6.26 Å². The third kappa shape index (κ3) is 2.60. The molecule has 0 spiro atoms. The van der Waals surface area contributed by atoms with E-state index in [0.717, 1.165) is 10.5 Å². The molecule has 0 saturated carbocycles. The predicted molar refractivity (Wildman–Crippen MR) is 87.2 cm³/mol. The van der Waals surface area contributed by atoms with Crippen LogP contribution in [-0.2, 0) is 0 Å². The van der Waals surface area contributed by atoms with Crippen molar-refractivity contribution in [2.45, 2.75) is 17.7 Å². The Kier molecular flexibility index (Phi) is 3.89. The number of hydrogen-bond donors (Lipinski definition) is 1. The Morgan fingerprint density at radius 2 is 2.00 bits per heavy atom. The minimum Gasteiger partial charge on any atom is -0.444 e. The lowest BCUT2D eigenvalue weighted by molar-refractivity contribution is 0.387. The zero-order valence-corrected chi connectivity index (χ0v) is 13.4. The van der Waals surface area contributed by atoms with E-state index in [1.807, 2.05) is 36.6 Å². The zero-order chi connectivity index (χ0) is 16.6. The van der Waals surface area contributed by atoms with Crippen molar-refractivity contribution in [2.75, 3.05) is 6.26 Å². The maximum absolute atomic E-state index is 12.3. The van der Waals surface area contributed by atoms with E-state index in [4.69, 9.17) is 14.9 Å². The van der Waals surface area contributed by atoms with Gasteiger partial charge in [-0.05, 0) is 30.9 Å². The molecule has 6 heteroatoms. The summed E-state index contributed by atoms with van der Waals surface area (Å²) in [4.78, 5) is 13.4. The molecule has 116 valence electrons. The number of thioether (sulfide) groups is 1. The monoisotopic (exact) mass is 326 g/mol. The van der Waals surface area contributed by atoms with Crippen LogP contribution in [0, 0.1) is 18.3 Å². The molecule has 0 radical (unpaired) electrons. The fourth-order valence-electron chi connectivity index (χ4n) is 2.62. The zero-order valence-electron chi connectivity index (χ0n) is 12.6. The molecule has 5 nitrogen and oxygen atoms in total. The summed E-state index contributed by atoms with van der Waals surface area (Å²) in [6.07, 6.45) is 1.98. The summed E-state index contributed by atoms with van der Waals surface area (Å²) >= 11 is 1.62. The Balaban J connectivity index is 2.23. The first-order valence-electron chi connectivity index (χ1n) is 6.91. The Bertz CT molecular complexity index is 892. The lowest BCUT2D eigenvalue weighted by Crippen LogP contribution is -2.27. The van der Waals surface area contributed by atoms with Crippen LogP contribution in [0.1, 0.15) is 22.8 Å². The standard InChI is InChI=1S/C17H14N2O3S/c1-9-7-12-15(17(20)21-9)14(16(19)13(8-18)22-12)10-3-5-11(23-2)6-4-10/h3-7,14H,19H2,1-2H3. The minimum atomic E-state index is -0.554. The van der Waals surface area contributed by atoms with Crippen molar-refractivity contribution >= 4 is 11.8 Å². The van der Waals surface area contributed by atoms with Gasteiger partial charge in [0.1, 0.15) is 17.6 Å². The van der Waals surface area contributed by atoms with E-state index in [1.54, 1.807) is 24.8 Å². The first-order valence-corrected chi connectivity index (χ1v) is 8.13. The van der Waals surface area contributed by atoms with Gasteiger partial charge in [-0.15, -0.1) is 11.8 Å². The molecule has 1 aliphatic rings. The Hall–Kier alpha value is -2.65. The highest BCUT2D eigenvalue weighted by Crippen LogP contribution is 2.39. The topological polar surface area (TPSA) is 89.2 Å². The maximum Gasteiger partial charge on any atom is 0.343 e. The number of benzene rings is 1. The van der Waals surface area contributed by atoms with Gasteiger partial charge in [0, 0.05) is 11.0 Å². The molecule has 1 unspecified atom stereocenters.